The Bertz CT molecular complexity index is 269. The van der Waals surface area contributed by atoms with E-state index in [0.29, 0.717) is 10.7 Å². The molecule has 2 aliphatic rings. The highest BCUT2D eigenvalue weighted by Crippen LogP contribution is 2.30. The number of alkyl halides is 1. The van der Waals surface area contributed by atoms with Gasteiger partial charge >= 0.3 is 0 Å². The van der Waals surface area contributed by atoms with Crippen molar-refractivity contribution in [1.29, 1.82) is 0 Å². The minimum absolute atomic E-state index is 0.142. The molecule has 92 valence electrons. The van der Waals surface area contributed by atoms with Gasteiger partial charge < -0.3 is 14.8 Å². The number of rotatable bonds is 3. The third kappa shape index (κ3) is 2.41. The number of ether oxygens (including phenoxy) is 2. The molecule has 0 saturated carbocycles. The smallest absolute Gasteiger partial charge is 0.177 e. The van der Waals surface area contributed by atoms with E-state index in [1.165, 1.54) is 12.8 Å². The van der Waals surface area contributed by atoms with Crippen molar-refractivity contribution >= 4 is 21.8 Å². The van der Waals surface area contributed by atoms with E-state index in [9.17, 15) is 0 Å². The van der Waals surface area contributed by atoms with Crippen LogP contribution in [0.25, 0.3) is 0 Å². The van der Waals surface area contributed by atoms with Gasteiger partial charge in [0.2, 0.25) is 0 Å². The summed E-state index contributed by atoms with van der Waals surface area (Å²) in [7, 11) is 3.34. The van der Waals surface area contributed by atoms with Gasteiger partial charge in [0.25, 0.3) is 0 Å². The summed E-state index contributed by atoms with van der Waals surface area (Å²) in [6.07, 6.45) is 3.33. The number of fused-ring (bicyclic) bond motifs is 1. The summed E-state index contributed by atoms with van der Waals surface area (Å²) in [6, 6.07) is 0.142. The molecule has 5 heteroatoms. The van der Waals surface area contributed by atoms with Crippen molar-refractivity contribution in [3.63, 3.8) is 0 Å². The van der Waals surface area contributed by atoms with Crippen LogP contribution >= 0.6 is 15.9 Å². The average molecular weight is 291 g/mol. The summed E-state index contributed by atoms with van der Waals surface area (Å²) in [5, 5.41) is 3.46. The predicted octanol–water partition coefficient (Wildman–Crippen LogP) is 1.54. The van der Waals surface area contributed by atoms with Crippen LogP contribution in [0.15, 0.2) is 4.99 Å². The van der Waals surface area contributed by atoms with Gasteiger partial charge in [-0.1, -0.05) is 15.9 Å². The van der Waals surface area contributed by atoms with Gasteiger partial charge in [-0.2, -0.15) is 0 Å². The maximum atomic E-state index is 5.32. The van der Waals surface area contributed by atoms with Crippen LogP contribution in [0.3, 0.4) is 0 Å². The van der Waals surface area contributed by atoms with Gasteiger partial charge in [-0.3, -0.25) is 4.99 Å². The molecule has 1 saturated heterocycles. The van der Waals surface area contributed by atoms with Gasteiger partial charge in [-0.25, -0.2) is 0 Å². The minimum Gasteiger partial charge on any atom is -0.365 e. The van der Waals surface area contributed by atoms with E-state index in [-0.39, 0.29) is 12.3 Å². The van der Waals surface area contributed by atoms with E-state index in [4.69, 9.17) is 9.47 Å². The lowest BCUT2D eigenvalue weighted by Crippen LogP contribution is -2.57. The maximum Gasteiger partial charge on any atom is 0.177 e. The second kappa shape index (κ2) is 5.47. The number of aliphatic imine (C=N–C) groups is 1. The maximum absolute atomic E-state index is 5.32. The van der Waals surface area contributed by atoms with Gasteiger partial charge in [0.05, 0.1) is 11.9 Å². The van der Waals surface area contributed by atoms with Crippen LogP contribution < -0.4 is 5.32 Å². The third-order valence-electron chi connectivity index (χ3n) is 3.35. The first-order valence-corrected chi connectivity index (χ1v) is 6.68. The molecule has 4 nitrogen and oxygen atoms in total. The molecule has 2 rings (SSSR count). The van der Waals surface area contributed by atoms with Crippen molar-refractivity contribution in [3.8, 4) is 0 Å². The molecule has 0 bridgehead atoms. The lowest BCUT2D eigenvalue weighted by atomic mass is 9.88. The number of hydrogen-bond donors (Lipinski definition) is 1. The normalized spacial score (nSPS) is 34.2. The van der Waals surface area contributed by atoms with Gasteiger partial charge in [0.1, 0.15) is 0 Å². The largest absolute Gasteiger partial charge is 0.365 e. The van der Waals surface area contributed by atoms with Gasteiger partial charge in [0.15, 0.2) is 6.29 Å². The van der Waals surface area contributed by atoms with Crippen molar-refractivity contribution in [2.24, 2.45) is 10.9 Å². The molecule has 3 atom stereocenters. The SMILES string of the molecule is COC(OC)C1NC2=NCCCC2CC1Br. The highest BCUT2D eigenvalue weighted by molar-refractivity contribution is 9.09. The van der Waals surface area contributed by atoms with Crippen molar-refractivity contribution in [3.05, 3.63) is 0 Å². The fraction of sp³-hybridized carbons (Fsp3) is 0.909. The van der Waals surface area contributed by atoms with Gasteiger partial charge in [0, 0.05) is 31.5 Å². The Labute approximate surface area is 105 Å². The number of amidine groups is 1. The van der Waals surface area contributed by atoms with Crippen molar-refractivity contribution in [1.82, 2.24) is 5.32 Å². The molecule has 3 unspecified atom stereocenters. The van der Waals surface area contributed by atoms with Crippen molar-refractivity contribution < 1.29 is 9.47 Å². The van der Waals surface area contributed by atoms with Gasteiger partial charge in [-0.15, -0.1) is 0 Å². The Morgan fingerprint density at radius 1 is 1.44 bits per heavy atom. The monoisotopic (exact) mass is 290 g/mol. The molecule has 0 amide bonds. The molecule has 0 aromatic rings. The van der Waals surface area contributed by atoms with Gasteiger partial charge in [-0.05, 0) is 19.3 Å². The van der Waals surface area contributed by atoms with E-state index in [1.54, 1.807) is 14.2 Å². The van der Waals surface area contributed by atoms with Crippen LogP contribution in [-0.4, -0.2) is 43.8 Å². The summed E-state index contributed by atoms with van der Waals surface area (Å²) in [5.74, 6) is 1.73. The molecule has 0 spiro atoms. The van der Waals surface area contributed by atoms with E-state index < -0.39 is 0 Å². The minimum atomic E-state index is -0.227. The molecule has 0 aliphatic carbocycles. The van der Waals surface area contributed by atoms with Crippen molar-refractivity contribution in [2.45, 2.75) is 36.4 Å². The Balaban J connectivity index is 2.07. The lowest BCUT2D eigenvalue weighted by Gasteiger charge is -2.40. The number of piperidine rings is 1. The molecule has 0 aromatic heterocycles. The Morgan fingerprint density at radius 2 is 2.19 bits per heavy atom. The molecule has 0 aromatic carbocycles. The quantitative estimate of drug-likeness (QED) is 0.633. The molecular formula is C11H19BrN2O2. The standard InChI is InChI=1S/C11H19BrN2O2/c1-15-11(16-2)9-8(12)6-7-4-3-5-13-10(7)14-9/h7-9,11H,3-6H2,1-2H3,(H,13,14). The van der Waals surface area contributed by atoms with Crippen molar-refractivity contribution in [2.75, 3.05) is 20.8 Å². The molecule has 1 fully saturated rings. The van der Waals surface area contributed by atoms with Crippen LogP contribution in [0.4, 0.5) is 0 Å². The predicted molar refractivity (Wildman–Crippen MR) is 67.1 cm³/mol. The number of nitrogens with zero attached hydrogens (tertiary/aromatic N) is 1. The van der Waals surface area contributed by atoms with E-state index >= 15 is 0 Å². The molecular weight excluding hydrogens is 272 g/mol. The Kier molecular flexibility index (Phi) is 4.21. The molecule has 16 heavy (non-hydrogen) atoms. The van der Waals surface area contributed by atoms with Crippen LogP contribution in [0.5, 0.6) is 0 Å². The molecule has 2 heterocycles. The second-order valence-electron chi connectivity index (χ2n) is 4.37. The summed E-state index contributed by atoms with van der Waals surface area (Å²) in [4.78, 5) is 4.94. The zero-order valence-electron chi connectivity index (χ0n) is 9.78. The van der Waals surface area contributed by atoms with Crippen LogP contribution in [0.1, 0.15) is 19.3 Å². The van der Waals surface area contributed by atoms with E-state index in [2.05, 4.69) is 26.2 Å². The molecule has 1 N–H and O–H groups in total. The first-order chi connectivity index (χ1) is 7.76. The van der Waals surface area contributed by atoms with E-state index in [0.717, 1.165) is 18.8 Å². The number of halogens is 1. The number of hydrogen-bond acceptors (Lipinski definition) is 4. The average Bonchev–Trinajstić information content (AvgIpc) is 2.31. The summed E-state index contributed by atoms with van der Waals surface area (Å²) >= 11 is 3.72. The van der Waals surface area contributed by atoms with Crippen LogP contribution in [0.2, 0.25) is 0 Å². The summed E-state index contributed by atoms with van der Waals surface area (Å²) < 4.78 is 10.6. The zero-order valence-corrected chi connectivity index (χ0v) is 11.4. The third-order valence-corrected chi connectivity index (χ3v) is 4.29. The Morgan fingerprint density at radius 3 is 2.88 bits per heavy atom. The fourth-order valence-corrected chi connectivity index (χ4v) is 3.34. The first-order valence-electron chi connectivity index (χ1n) is 5.76. The lowest BCUT2D eigenvalue weighted by molar-refractivity contribution is -0.121. The molecule has 0 radical (unpaired) electrons. The Hall–Kier alpha value is -0.130. The highest BCUT2D eigenvalue weighted by atomic mass is 79.9. The second-order valence-corrected chi connectivity index (χ2v) is 5.54. The first kappa shape index (κ1) is 12.3. The van der Waals surface area contributed by atoms with Crippen LogP contribution in [-0.2, 0) is 9.47 Å². The van der Waals surface area contributed by atoms with Crippen LogP contribution in [0, 0.1) is 5.92 Å². The number of nitrogens with one attached hydrogen (secondary N) is 1. The summed E-state index contributed by atoms with van der Waals surface area (Å²) in [5.41, 5.74) is 0. The fourth-order valence-electron chi connectivity index (χ4n) is 2.50. The molecule has 2 aliphatic heterocycles. The number of methoxy groups -OCH3 is 2. The van der Waals surface area contributed by atoms with E-state index in [1.807, 2.05) is 0 Å². The topological polar surface area (TPSA) is 42.9 Å². The highest BCUT2D eigenvalue weighted by Gasteiger charge is 2.38. The summed E-state index contributed by atoms with van der Waals surface area (Å²) in [6.45, 7) is 0.948. The zero-order chi connectivity index (χ0) is 11.5.